The Labute approximate surface area is 116 Å². The van der Waals surface area contributed by atoms with Crippen LogP contribution in [0.5, 0.6) is 0 Å². The van der Waals surface area contributed by atoms with Crippen LogP contribution in [0.4, 0.5) is 5.13 Å². The second-order valence-corrected chi connectivity index (χ2v) is 7.27. The van der Waals surface area contributed by atoms with Gasteiger partial charge in [0.15, 0.2) is 0 Å². The molecular formula is C12H18N4S2. The summed E-state index contributed by atoms with van der Waals surface area (Å²) in [5, 5.41) is 14.6. The van der Waals surface area contributed by atoms with Crippen LogP contribution in [-0.4, -0.2) is 15.2 Å². The zero-order chi connectivity index (χ0) is 13.2. The van der Waals surface area contributed by atoms with E-state index in [1.807, 2.05) is 6.20 Å². The zero-order valence-corrected chi connectivity index (χ0v) is 12.8. The summed E-state index contributed by atoms with van der Waals surface area (Å²) in [5.41, 5.74) is 0.126. The summed E-state index contributed by atoms with van der Waals surface area (Å²) in [4.78, 5) is 5.70. The first-order valence-electron chi connectivity index (χ1n) is 6.00. The van der Waals surface area contributed by atoms with Gasteiger partial charge in [0.05, 0.1) is 11.6 Å². The molecule has 98 valence electrons. The van der Waals surface area contributed by atoms with E-state index >= 15 is 0 Å². The minimum absolute atomic E-state index is 0.126. The summed E-state index contributed by atoms with van der Waals surface area (Å²) in [7, 11) is 0. The van der Waals surface area contributed by atoms with Crippen molar-refractivity contribution in [1.82, 2.24) is 15.2 Å². The van der Waals surface area contributed by atoms with Gasteiger partial charge in [-0.25, -0.2) is 4.98 Å². The highest BCUT2D eigenvalue weighted by molar-refractivity contribution is 7.15. The molecule has 0 radical (unpaired) electrons. The third kappa shape index (κ3) is 3.26. The molecule has 0 aliphatic rings. The fourth-order valence-electron chi connectivity index (χ4n) is 1.37. The van der Waals surface area contributed by atoms with Crippen LogP contribution in [0.15, 0.2) is 6.20 Å². The minimum atomic E-state index is 0.126. The van der Waals surface area contributed by atoms with Crippen LogP contribution < -0.4 is 5.32 Å². The average molecular weight is 282 g/mol. The van der Waals surface area contributed by atoms with E-state index in [1.165, 1.54) is 9.88 Å². The Balaban J connectivity index is 1.96. The molecule has 0 bridgehead atoms. The average Bonchev–Trinajstić information content (AvgIpc) is 2.94. The van der Waals surface area contributed by atoms with Gasteiger partial charge in [-0.3, -0.25) is 0 Å². The van der Waals surface area contributed by atoms with Crippen molar-refractivity contribution >= 4 is 27.8 Å². The summed E-state index contributed by atoms with van der Waals surface area (Å²) in [5.74, 6) is 0. The van der Waals surface area contributed by atoms with Gasteiger partial charge in [-0.05, 0) is 6.42 Å². The monoisotopic (exact) mass is 282 g/mol. The fraction of sp³-hybridized carbons (Fsp3) is 0.583. The molecule has 0 saturated heterocycles. The topological polar surface area (TPSA) is 50.7 Å². The van der Waals surface area contributed by atoms with E-state index < -0.39 is 0 Å². The number of aryl methyl sites for hydroxylation is 1. The summed E-state index contributed by atoms with van der Waals surface area (Å²) < 4.78 is 0. The Morgan fingerprint density at radius 2 is 2.00 bits per heavy atom. The molecule has 0 fully saturated rings. The molecule has 0 aliphatic heterocycles. The Morgan fingerprint density at radius 1 is 1.22 bits per heavy atom. The lowest BCUT2D eigenvalue weighted by Gasteiger charge is -2.13. The van der Waals surface area contributed by atoms with Crippen LogP contribution in [0, 0.1) is 0 Å². The number of rotatable bonds is 4. The highest BCUT2D eigenvalue weighted by Gasteiger charge is 2.17. The van der Waals surface area contributed by atoms with Crippen molar-refractivity contribution < 1.29 is 0 Å². The minimum Gasteiger partial charge on any atom is -0.355 e. The van der Waals surface area contributed by atoms with Crippen LogP contribution in [-0.2, 0) is 18.4 Å². The van der Waals surface area contributed by atoms with Crippen molar-refractivity contribution in [2.45, 2.75) is 46.1 Å². The number of anilines is 1. The number of hydrogen-bond acceptors (Lipinski definition) is 6. The lowest BCUT2D eigenvalue weighted by molar-refractivity contribution is 0.585. The van der Waals surface area contributed by atoms with Crippen molar-refractivity contribution in [3.63, 3.8) is 0 Å². The van der Waals surface area contributed by atoms with Crippen LogP contribution in [0.2, 0.25) is 0 Å². The molecule has 1 N–H and O–H groups in total. The molecule has 2 heterocycles. The predicted octanol–water partition coefficient (Wildman–Crippen LogP) is 3.47. The second kappa shape index (κ2) is 5.32. The van der Waals surface area contributed by atoms with E-state index in [9.17, 15) is 0 Å². The van der Waals surface area contributed by atoms with Crippen molar-refractivity contribution in [3.05, 3.63) is 21.1 Å². The van der Waals surface area contributed by atoms with Crippen molar-refractivity contribution in [2.24, 2.45) is 0 Å². The number of thiazole rings is 1. The molecule has 0 aliphatic carbocycles. The molecule has 2 aromatic rings. The molecule has 0 saturated carbocycles. The maximum atomic E-state index is 4.47. The second-order valence-electron chi connectivity index (χ2n) is 5.09. The Morgan fingerprint density at radius 3 is 2.56 bits per heavy atom. The van der Waals surface area contributed by atoms with Gasteiger partial charge in [0.25, 0.3) is 0 Å². The van der Waals surface area contributed by atoms with E-state index in [4.69, 9.17) is 0 Å². The molecule has 2 rings (SSSR count). The van der Waals surface area contributed by atoms with Crippen LogP contribution in [0.3, 0.4) is 0 Å². The first kappa shape index (κ1) is 13.4. The Bertz CT molecular complexity index is 510. The molecular weight excluding hydrogens is 264 g/mol. The molecule has 18 heavy (non-hydrogen) atoms. The maximum absolute atomic E-state index is 4.47. The van der Waals surface area contributed by atoms with Crippen molar-refractivity contribution in [1.29, 1.82) is 0 Å². The number of nitrogens with one attached hydrogen (secondary N) is 1. The predicted molar refractivity (Wildman–Crippen MR) is 77.4 cm³/mol. The first-order valence-corrected chi connectivity index (χ1v) is 7.63. The molecule has 4 nitrogen and oxygen atoms in total. The lowest BCUT2D eigenvalue weighted by atomic mass is 9.98. The molecule has 2 aromatic heterocycles. The quantitative estimate of drug-likeness (QED) is 0.933. The van der Waals surface area contributed by atoms with Gasteiger partial charge in [-0.2, -0.15) is 0 Å². The smallest absolute Gasteiger partial charge is 0.205 e. The normalized spacial score (nSPS) is 11.8. The van der Waals surface area contributed by atoms with Gasteiger partial charge in [0.2, 0.25) is 5.13 Å². The molecule has 0 spiro atoms. The number of aromatic nitrogens is 3. The van der Waals surface area contributed by atoms with E-state index in [2.05, 4.69) is 48.2 Å². The van der Waals surface area contributed by atoms with Gasteiger partial charge >= 0.3 is 0 Å². The van der Waals surface area contributed by atoms with Crippen LogP contribution in [0.1, 0.15) is 42.6 Å². The fourth-order valence-corrected chi connectivity index (χ4v) is 2.95. The summed E-state index contributed by atoms with van der Waals surface area (Å²) >= 11 is 3.37. The van der Waals surface area contributed by atoms with Gasteiger partial charge < -0.3 is 5.32 Å². The van der Waals surface area contributed by atoms with Crippen LogP contribution in [0.25, 0.3) is 0 Å². The maximum Gasteiger partial charge on any atom is 0.205 e. The van der Waals surface area contributed by atoms with Crippen molar-refractivity contribution in [2.75, 3.05) is 5.32 Å². The van der Waals surface area contributed by atoms with E-state index in [-0.39, 0.29) is 5.41 Å². The molecule has 0 aromatic carbocycles. The third-order valence-corrected chi connectivity index (χ3v) is 4.83. The third-order valence-electron chi connectivity index (χ3n) is 2.38. The van der Waals surface area contributed by atoms with E-state index in [0.717, 1.165) is 23.1 Å². The zero-order valence-electron chi connectivity index (χ0n) is 11.1. The highest BCUT2D eigenvalue weighted by atomic mass is 32.1. The first-order chi connectivity index (χ1) is 8.49. The van der Waals surface area contributed by atoms with Gasteiger partial charge in [0, 0.05) is 16.5 Å². The van der Waals surface area contributed by atoms with E-state index in [1.54, 1.807) is 22.7 Å². The van der Waals surface area contributed by atoms with Gasteiger partial charge in [0.1, 0.15) is 5.01 Å². The summed E-state index contributed by atoms with van der Waals surface area (Å²) in [6, 6.07) is 0. The summed E-state index contributed by atoms with van der Waals surface area (Å²) in [6.45, 7) is 9.40. The standard InChI is InChI=1S/C12H18N4S2/c1-5-9-15-16-11(18-9)14-7-8-6-13-10(17-8)12(2,3)4/h6H,5,7H2,1-4H3,(H,14,16). The van der Waals surface area contributed by atoms with Gasteiger partial charge in [-0.15, -0.1) is 21.5 Å². The number of nitrogens with zero attached hydrogens (tertiary/aromatic N) is 3. The van der Waals surface area contributed by atoms with Crippen LogP contribution >= 0.6 is 22.7 Å². The molecule has 0 atom stereocenters. The summed E-state index contributed by atoms with van der Waals surface area (Å²) in [6.07, 6.45) is 2.88. The SMILES string of the molecule is CCc1nnc(NCc2cnc(C(C)(C)C)s2)s1. The number of hydrogen-bond donors (Lipinski definition) is 1. The van der Waals surface area contributed by atoms with Crippen molar-refractivity contribution in [3.8, 4) is 0 Å². The largest absolute Gasteiger partial charge is 0.355 e. The Hall–Kier alpha value is -1.01. The molecule has 0 amide bonds. The lowest BCUT2D eigenvalue weighted by Crippen LogP contribution is -2.09. The molecule has 6 heteroatoms. The van der Waals surface area contributed by atoms with E-state index in [0.29, 0.717) is 0 Å². The highest BCUT2D eigenvalue weighted by Crippen LogP contribution is 2.27. The molecule has 0 unspecified atom stereocenters. The Kier molecular flexibility index (Phi) is 3.97. The van der Waals surface area contributed by atoms with Gasteiger partial charge in [-0.1, -0.05) is 39.0 Å².